The molecule has 3 aromatic rings. The Hall–Kier alpha value is -2.74. The lowest BCUT2D eigenvalue weighted by atomic mass is 10.2. The average molecular weight is 374 g/mol. The minimum absolute atomic E-state index is 0.0893. The third-order valence-electron chi connectivity index (χ3n) is 3.65. The van der Waals surface area contributed by atoms with Crippen LogP contribution in [0.1, 0.15) is 6.42 Å². The first-order chi connectivity index (χ1) is 12.6. The number of amides is 1. The van der Waals surface area contributed by atoms with E-state index >= 15 is 0 Å². The zero-order chi connectivity index (χ0) is 18.5. The van der Waals surface area contributed by atoms with Crippen LogP contribution in [-0.4, -0.2) is 26.4 Å². The highest BCUT2D eigenvalue weighted by Crippen LogP contribution is 2.23. The van der Waals surface area contributed by atoms with Gasteiger partial charge in [-0.3, -0.25) is 4.79 Å². The van der Waals surface area contributed by atoms with Crippen LogP contribution in [-0.2, 0) is 11.8 Å². The summed E-state index contributed by atoms with van der Waals surface area (Å²) in [5.74, 6) is -0.931. The van der Waals surface area contributed by atoms with E-state index in [1.165, 1.54) is 17.8 Å². The number of hydrogen-bond donors (Lipinski definition) is 1. The number of rotatable bonds is 6. The largest absolute Gasteiger partial charge is 0.321 e. The van der Waals surface area contributed by atoms with Gasteiger partial charge in [-0.05, 0) is 12.1 Å². The predicted molar refractivity (Wildman–Crippen MR) is 96.8 cm³/mol. The van der Waals surface area contributed by atoms with Crippen molar-refractivity contribution in [3.8, 4) is 11.4 Å². The lowest BCUT2D eigenvalue weighted by Gasteiger charge is -2.07. The number of halogens is 2. The summed E-state index contributed by atoms with van der Waals surface area (Å²) in [4.78, 5) is 11.9. The van der Waals surface area contributed by atoms with E-state index in [0.717, 1.165) is 23.5 Å². The highest BCUT2D eigenvalue weighted by molar-refractivity contribution is 7.99. The monoisotopic (exact) mass is 374 g/mol. The van der Waals surface area contributed by atoms with Crippen LogP contribution in [0.3, 0.4) is 0 Å². The molecule has 0 radical (unpaired) electrons. The molecule has 0 fully saturated rings. The molecule has 8 heteroatoms. The average Bonchev–Trinajstić information content (AvgIpc) is 3.00. The molecule has 0 aliphatic carbocycles. The Labute approximate surface area is 153 Å². The second kappa shape index (κ2) is 8.09. The van der Waals surface area contributed by atoms with Crippen LogP contribution in [0, 0.1) is 11.6 Å². The lowest BCUT2D eigenvalue weighted by Crippen LogP contribution is -2.14. The maximum atomic E-state index is 13.5. The topological polar surface area (TPSA) is 59.8 Å². The molecule has 0 saturated heterocycles. The molecule has 0 atom stereocenters. The van der Waals surface area contributed by atoms with E-state index in [9.17, 15) is 13.6 Å². The smallest absolute Gasteiger partial charge is 0.225 e. The summed E-state index contributed by atoms with van der Waals surface area (Å²) in [7, 11) is 1.85. The summed E-state index contributed by atoms with van der Waals surface area (Å²) in [6.07, 6.45) is 0.0893. The molecule has 0 aliphatic heterocycles. The minimum Gasteiger partial charge on any atom is -0.321 e. The van der Waals surface area contributed by atoms with Crippen molar-refractivity contribution in [2.45, 2.75) is 11.6 Å². The quantitative estimate of drug-likeness (QED) is 0.665. The Balaban J connectivity index is 1.57. The first-order valence-corrected chi connectivity index (χ1v) is 8.86. The third kappa shape index (κ3) is 4.08. The molecule has 0 spiro atoms. The number of nitrogens with zero attached hydrogens (tertiary/aromatic N) is 3. The molecule has 1 heterocycles. The van der Waals surface area contributed by atoms with E-state index < -0.39 is 23.2 Å². The fraction of sp³-hybridized carbons (Fsp3) is 0.167. The Kier molecular flexibility index (Phi) is 5.62. The fourth-order valence-electron chi connectivity index (χ4n) is 2.33. The standard InChI is InChI=1S/C18H16F2N4OS/c1-24-17(12-6-3-2-4-7-12)22-23-18(24)26-11-10-15(25)21-16-13(19)8-5-9-14(16)20/h2-9H,10-11H2,1H3,(H,21,25). The Morgan fingerprint density at radius 1 is 1.08 bits per heavy atom. The normalized spacial score (nSPS) is 10.7. The van der Waals surface area contributed by atoms with E-state index in [-0.39, 0.29) is 6.42 Å². The molecular formula is C18H16F2N4OS. The Bertz CT molecular complexity index is 895. The van der Waals surface area contributed by atoms with Crippen LogP contribution < -0.4 is 5.32 Å². The molecule has 0 bridgehead atoms. The van der Waals surface area contributed by atoms with E-state index in [4.69, 9.17) is 0 Å². The summed E-state index contributed by atoms with van der Waals surface area (Å²) in [6, 6.07) is 13.1. The zero-order valence-corrected chi connectivity index (χ0v) is 14.8. The number of thioether (sulfide) groups is 1. The summed E-state index contributed by atoms with van der Waals surface area (Å²) >= 11 is 1.35. The first-order valence-electron chi connectivity index (χ1n) is 7.87. The van der Waals surface area contributed by atoms with Crippen LogP contribution >= 0.6 is 11.8 Å². The van der Waals surface area contributed by atoms with Crippen molar-refractivity contribution in [1.29, 1.82) is 0 Å². The number of carbonyl (C=O) groups is 1. The van der Waals surface area contributed by atoms with Gasteiger partial charge in [0.15, 0.2) is 11.0 Å². The molecule has 0 saturated carbocycles. The molecule has 1 amide bonds. The molecule has 3 rings (SSSR count). The molecule has 0 unspecified atom stereocenters. The van der Waals surface area contributed by atoms with Gasteiger partial charge in [-0.15, -0.1) is 10.2 Å². The van der Waals surface area contributed by atoms with Crippen molar-refractivity contribution >= 4 is 23.4 Å². The van der Waals surface area contributed by atoms with Crippen molar-refractivity contribution in [1.82, 2.24) is 14.8 Å². The second-order valence-electron chi connectivity index (χ2n) is 5.47. The van der Waals surface area contributed by atoms with Gasteiger partial charge in [0.2, 0.25) is 5.91 Å². The maximum Gasteiger partial charge on any atom is 0.225 e. The number of anilines is 1. The van der Waals surface area contributed by atoms with Crippen molar-refractivity contribution in [3.63, 3.8) is 0 Å². The number of aromatic nitrogens is 3. The minimum atomic E-state index is -0.799. The van der Waals surface area contributed by atoms with Crippen molar-refractivity contribution < 1.29 is 13.6 Å². The van der Waals surface area contributed by atoms with Crippen LogP contribution in [0.5, 0.6) is 0 Å². The van der Waals surface area contributed by atoms with Gasteiger partial charge < -0.3 is 9.88 Å². The van der Waals surface area contributed by atoms with Gasteiger partial charge in [0.1, 0.15) is 17.3 Å². The molecule has 5 nitrogen and oxygen atoms in total. The number of hydrogen-bond acceptors (Lipinski definition) is 4. The van der Waals surface area contributed by atoms with E-state index in [1.807, 2.05) is 41.9 Å². The summed E-state index contributed by atoms with van der Waals surface area (Å²) in [6.45, 7) is 0. The first kappa shape index (κ1) is 18.1. The fourth-order valence-corrected chi connectivity index (χ4v) is 3.18. The molecule has 0 aliphatic rings. The van der Waals surface area contributed by atoms with Crippen LogP contribution in [0.2, 0.25) is 0 Å². The number of para-hydroxylation sites is 1. The summed E-state index contributed by atoms with van der Waals surface area (Å²) in [5.41, 5.74) is 0.523. The van der Waals surface area contributed by atoms with Gasteiger partial charge in [-0.1, -0.05) is 48.2 Å². The zero-order valence-electron chi connectivity index (χ0n) is 13.9. The van der Waals surface area contributed by atoms with Crippen molar-refractivity contribution in [2.75, 3.05) is 11.1 Å². The molecule has 134 valence electrons. The number of benzene rings is 2. The van der Waals surface area contributed by atoms with Gasteiger partial charge in [-0.25, -0.2) is 8.78 Å². The van der Waals surface area contributed by atoms with Crippen molar-refractivity contribution in [3.05, 3.63) is 60.2 Å². The molecular weight excluding hydrogens is 358 g/mol. The van der Waals surface area contributed by atoms with Gasteiger partial charge >= 0.3 is 0 Å². The number of nitrogens with one attached hydrogen (secondary N) is 1. The maximum absolute atomic E-state index is 13.5. The van der Waals surface area contributed by atoms with Crippen LogP contribution in [0.4, 0.5) is 14.5 Å². The Morgan fingerprint density at radius 3 is 2.46 bits per heavy atom. The van der Waals surface area contributed by atoms with Gasteiger partial charge in [0.25, 0.3) is 0 Å². The Morgan fingerprint density at radius 2 is 1.77 bits per heavy atom. The van der Waals surface area contributed by atoms with Gasteiger partial charge in [0, 0.05) is 24.8 Å². The molecule has 2 aromatic carbocycles. The van der Waals surface area contributed by atoms with Crippen molar-refractivity contribution in [2.24, 2.45) is 7.05 Å². The molecule has 1 aromatic heterocycles. The van der Waals surface area contributed by atoms with Gasteiger partial charge in [-0.2, -0.15) is 0 Å². The van der Waals surface area contributed by atoms with E-state index in [2.05, 4.69) is 15.5 Å². The van der Waals surface area contributed by atoms with Crippen LogP contribution in [0.25, 0.3) is 11.4 Å². The van der Waals surface area contributed by atoms with Crippen LogP contribution in [0.15, 0.2) is 53.7 Å². The van der Waals surface area contributed by atoms with E-state index in [1.54, 1.807) is 0 Å². The highest BCUT2D eigenvalue weighted by atomic mass is 32.2. The summed E-state index contributed by atoms with van der Waals surface area (Å²) < 4.78 is 28.9. The second-order valence-corrected chi connectivity index (χ2v) is 6.54. The summed E-state index contributed by atoms with van der Waals surface area (Å²) in [5, 5.41) is 11.2. The third-order valence-corrected chi connectivity index (χ3v) is 4.68. The van der Waals surface area contributed by atoms with Gasteiger partial charge in [0.05, 0.1) is 0 Å². The SMILES string of the molecule is Cn1c(SCCC(=O)Nc2c(F)cccc2F)nnc1-c1ccccc1. The molecule has 26 heavy (non-hydrogen) atoms. The molecule has 1 N–H and O–H groups in total. The predicted octanol–water partition coefficient (Wildman–Crippen LogP) is 3.88. The highest BCUT2D eigenvalue weighted by Gasteiger charge is 2.14. The van der Waals surface area contributed by atoms with E-state index in [0.29, 0.717) is 10.9 Å². The lowest BCUT2D eigenvalue weighted by molar-refractivity contribution is -0.115. The number of carbonyl (C=O) groups excluding carboxylic acids is 1.